The topological polar surface area (TPSA) is 74.1 Å². The summed E-state index contributed by atoms with van der Waals surface area (Å²) in [6.07, 6.45) is 3.74. The minimum atomic E-state index is -1.13. The molecule has 6 heteroatoms. The van der Waals surface area contributed by atoms with Crippen molar-refractivity contribution in [1.82, 2.24) is 19.9 Å². The first kappa shape index (κ1) is 18.4. The van der Waals surface area contributed by atoms with Crippen LogP contribution in [0.25, 0.3) is 11.3 Å². The van der Waals surface area contributed by atoms with Gasteiger partial charge in [-0.2, -0.15) is 0 Å². The van der Waals surface area contributed by atoms with Crippen molar-refractivity contribution in [2.75, 3.05) is 0 Å². The Bertz CT molecular complexity index is 728. The number of nitrogens with zero attached hydrogens (tertiary/aromatic N) is 4. The van der Waals surface area contributed by atoms with Crippen molar-refractivity contribution >= 4 is 6.09 Å². The normalized spacial score (nSPS) is 23.2. The summed E-state index contributed by atoms with van der Waals surface area (Å²) in [5.41, 5.74) is 1.70. The SMILES string of the molecule is CC1CCC(C(C)C)C(N(Cn2cc(-c3ccccc3)nn2)C(=O)[O-])C1. The molecule has 6 nitrogen and oxygen atoms in total. The molecular formula is C20H27N4O2-. The summed E-state index contributed by atoms with van der Waals surface area (Å²) in [7, 11) is 0. The number of rotatable bonds is 5. The Morgan fingerprint density at radius 3 is 2.69 bits per heavy atom. The maximum Gasteiger partial charge on any atom is 0.138 e. The van der Waals surface area contributed by atoms with E-state index in [1.165, 1.54) is 4.90 Å². The molecule has 26 heavy (non-hydrogen) atoms. The lowest BCUT2D eigenvalue weighted by Crippen LogP contribution is -2.53. The van der Waals surface area contributed by atoms with Crippen LogP contribution in [0.15, 0.2) is 36.5 Å². The van der Waals surface area contributed by atoms with Gasteiger partial charge in [-0.05, 0) is 30.6 Å². The first-order chi connectivity index (χ1) is 12.5. The van der Waals surface area contributed by atoms with Crippen molar-refractivity contribution in [1.29, 1.82) is 0 Å². The Morgan fingerprint density at radius 1 is 1.31 bits per heavy atom. The van der Waals surface area contributed by atoms with Crippen LogP contribution in [-0.4, -0.2) is 32.0 Å². The van der Waals surface area contributed by atoms with Gasteiger partial charge in [0.2, 0.25) is 0 Å². The smallest absolute Gasteiger partial charge is 0.138 e. The lowest BCUT2D eigenvalue weighted by atomic mass is 9.73. The van der Waals surface area contributed by atoms with Crippen LogP contribution in [-0.2, 0) is 6.67 Å². The van der Waals surface area contributed by atoms with Crippen molar-refractivity contribution in [2.45, 2.75) is 52.7 Å². The first-order valence-electron chi connectivity index (χ1n) is 9.39. The number of amides is 1. The average Bonchev–Trinajstić information content (AvgIpc) is 3.08. The molecular weight excluding hydrogens is 328 g/mol. The van der Waals surface area contributed by atoms with Gasteiger partial charge in [-0.1, -0.05) is 62.7 Å². The van der Waals surface area contributed by atoms with Crippen molar-refractivity contribution in [3.63, 3.8) is 0 Å². The van der Waals surface area contributed by atoms with Crippen LogP contribution in [0.2, 0.25) is 0 Å². The maximum absolute atomic E-state index is 11.9. The Balaban J connectivity index is 1.80. The lowest BCUT2D eigenvalue weighted by Gasteiger charge is -2.44. The van der Waals surface area contributed by atoms with Gasteiger partial charge in [0.25, 0.3) is 0 Å². The van der Waals surface area contributed by atoms with Gasteiger partial charge in [-0.15, -0.1) is 5.10 Å². The predicted molar refractivity (Wildman–Crippen MR) is 97.8 cm³/mol. The van der Waals surface area contributed by atoms with Crippen LogP contribution in [0, 0.1) is 17.8 Å². The van der Waals surface area contributed by atoms with Crippen molar-refractivity contribution < 1.29 is 9.90 Å². The third-order valence-corrected chi connectivity index (χ3v) is 5.53. The number of hydrogen-bond donors (Lipinski definition) is 0. The highest BCUT2D eigenvalue weighted by molar-refractivity contribution is 5.62. The second-order valence-corrected chi connectivity index (χ2v) is 7.78. The zero-order valence-corrected chi connectivity index (χ0v) is 15.7. The van der Waals surface area contributed by atoms with Gasteiger partial charge < -0.3 is 14.8 Å². The molecule has 0 saturated heterocycles. The average molecular weight is 355 g/mol. The van der Waals surface area contributed by atoms with E-state index in [-0.39, 0.29) is 12.7 Å². The molecule has 2 aromatic rings. The Hall–Kier alpha value is -2.37. The highest BCUT2D eigenvalue weighted by atomic mass is 16.4. The van der Waals surface area contributed by atoms with E-state index in [1.54, 1.807) is 10.9 Å². The van der Waals surface area contributed by atoms with Gasteiger partial charge in [0.15, 0.2) is 0 Å². The van der Waals surface area contributed by atoms with Crippen LogP contribution < -0.4 is 5.11 Å². The van der Waals surface area contributed by atoms with E-state index in [1.807, 2.05) is 30.3 Å². The third-order valence-electron chi connectivity index (χ3n) is 5.53. The lowest BCUT2D eigenvalue weighted by molar-refractivity contribution is -0.272. The van der Waals surface area contributed by atoms with Crippen LogP contribution in [0.4, 0.5) is 4.79 Å². The molecule has 1 fully saturated rings. The highest BCUT2D eigenvalue weighted by Gasteiger charge is 2.35. The Morgan fingerprint density at radius 2 is 2.04 bits per heavy atom. The standard InChI is InChI=1S/C20H28N4O2/c1-14(2)17-10-9-15(3)11-19(17)24(20(25)26)13-23-12-18(21-22-23)16-7-5-4-6-8-16/h4-8,12,14-15,17,19H,9-11,13H2,1-3H3,(H,25,26)/p-1. The third kappa shape index (κ3) is 4.06. The first-order valence-corrected chi connectivity index (χ1v) is 9.39. The monoisotopic (exact) mass is 355 g/mol. The summed E-state index contributed by atoms with van der Waals surface area (Å²) >= 11 is 0. The van der Waals surface area contributed by atoms with Gasteiger partial charge in [-0.3, -0.25) is 0 Å². The van der Waals surface area contributed by atoms with Gasteiger partial charge in [-0.25, -0.2) is 4.68 Å². The van der Waals surface area contributed by atoms with Crippen LogP contribution in [0.5, 0.6) is 0 Å². The minimum absolute atomic E-state index is 0.0341. The number of carboxylic acid groups (broad SMARTS) is 1. The predicted octanol–water partition coefficient (Wildman–Crippen LogP) is 3.01. The number of hydrogen-bond acceptors (Lipinski definition) is 4. The Labute approximate surface area is 154 Å². The number of carbonyl (C=O) groups is 1. The zero-order chi connectivity index (χ0) is 18.7. The van der Waals surface area contributed by atoms with Gasteiger partial charge in [0.1, 0.15) is 18.5 Å². The summed E-state index contributed by atoms with van der Waals surface area (Å²) in [6.45, 7) is 6.69. The maximum atomic E-state index is 11.9. The number of aromatic nitrogens is 3. The fourth-order valence-corrected chi connectivity index (χ4v) is 4.07. The molecule has 0 bridgehead atoms. The van der Waals surface area contributed by atoms with Crippen molar-refractivity contribution in [3.05, 3.63) is 36.5 Å². The Kier molecular flexibility index (Phi) is 5.59. The van der Waals surface area contributed by atoms with Gasteiger partial charge in [0, 0.05) is 11.6 Å². The molecule has 0 spiro atoms. The number of benzene rings is 1. The second kappa shape index (κ2) is 7.89. The summed E-state index contributed by atoms with van der Waals surface area (Å²) in [5.74, 6) is 1.30. The van der Waals surface area contributed by atoms with Crippen LogP contribution in [0.3, 0.4) is 0 Å². The quantitative estimate of drug-likeness (QED) is 0.826. The fourth-order valence-electron chi connectivity index (χ4n) is 4.07. The summed E-state index contributed by atoms with van der Waals surface area (Å²) < 4.78 is 1.59. The molecule has 1 aromatic heterocycles. The highest BCUT2D eigenvalue weighted by Crippen LogP contribution is 2.36. The fraction of sp³-hybridized carbons (Fsp3) is 0.550. The molecule has 1 aliphatic carbocycles. The molecule has 140 valence electrons. The van der Waals surface area contributed by atoms with E-state index in [9.17, 15) is 9.90 Å². The molecule has 1 heterocycles. The van der Waals surface area contributed by atoms with Crippen LogP contribution in [0.1, 0.15) is 40.0 Å². The summed E-state index contributed by atoms with van der Waals surface area (Å²) in [6, 6.07) is 9.72. The van der Waals surface area contributed by atoms with Gasteiger partial charge >= 0.3 is 0 Å². The molecule has 1 aliphatic rings. The van der Waals surface area contributed by atoms with E-state index in [4.69, 9.17) is 0 Å². The second-order valence-electron chi connectivity index (χ2n) is 7.78. The number of carbonyl (C=O) groups excluding carboxylic acids is 1. The van der Waals surface area contributed by atoms with E-state index < -0.39 is 6.09 Å². The summed E-state index contributed by atoms with van der Waals surface area (Å²) in [4.78, 5) is 13.4. The molecule has 3 atom stereocenters. The molecule has 0 radical (unpaired) electrons. The molecule has 0 aliphatic heterocycles. The van der Waals surface area contributed by atoms with E-state index in [0.717, 1.165) is 30.5 Å². The van der Waals surface area contributed by atoms with E-state index >= 15 is 0 Å². The molecule has 0 N–H and O–H groups in total. The van der Waals surface area contributed by atoms with Gasteiger partial charge in [0.05, 0.1) is 6.20 Å². The largest absolute Gasteiger partial charge is 0.530 e. The van der Waals surface area contributed by atoms with Crippen molar-refractivity contribution in [3.8, 4) is 11.3 Å². The summed E-state index contributed by atoms with van der Waals surface area (Å²) in [5, 5.41) is 20.2. The van der Waals surface area contributed by atoms with E-state index in [0.29, 0.717) is 17.8 Å². The van der Waals surface area contributed by atoms with Crippen LogP contribution >= 0.6 is 0 Å². The minimum Gasteiger partial charge on any atom is -0.530 e. The van der Waals surface area contributed by atoms with E-state index in [2.05, 4.69) is 31.1 Å². The molecule has 1 amide bonds. The zero-order valence-electron chi connectivity index (χ0n) is 15.7. The molecule has 3 unspecified atom stereocenters. The molecule has 3 rings (SSSR count). The molecule has 1 aromatic carbocycles. The molecule has 1 saturated carbocycles. The van der Waals surface area contributed by atoms with Crippen molar-refractivity contribution in [2.24, 2.45) is 17.8 Å².